The Hall–Kier alpha value is -1.10. The molecule has 0 bridgehead atoms. The minimum atomic E-state index is 0.250. The second-order valence-electron chi connectivity index (χ2n) is 5.51. The van der Waals surface area contributed by atoms with Crippen LogP contribution >= 0.6 is 0 Å². The van der Waals surface area contributed by atoms with E-state index in [0.717, 1.165) is 29.7 Å². The third-order valence-corrected chi connectivity index (χ3v) is 3.71. The number of ether oxygens (including phenoxy) is 3. The van der Waals surface area contributed by atoms with Crippen molar-refractivity contribution in [2.45, 2.75) is 58.2 Å². The minimum absolute atomic E-state index is 0.250. The molecule has 0 spiro atoms. The zero-order valence-electron chi connectivity index (χ0n) is 12.6. The molecule has 2 atom stereocenters. The van der Waals surface area contributed by atoms with Crippen molar-refractivity contribution in [1.82, 2.24) is 0 Å². The topological polar surface area (TPSA) is 53.7 Å². The Kier molecular flexibility index (Phi) is 5.40. The first kappa shape index (κ1) is 15.3. The molecule has 112 valence electrons. The maximum atomic E-state index is 6.05. The summed E-state index contributed by atoms with van der Waals surface area (Å²) >= 11 is 0. The molecule has 0 radical (unpaired) electrons. The number of hydrogen-bond acceptors (Lipinski definition) is 4. The highest BCUT2D eigenvalue weighted by Crippen LogP contribution is 2.25. The standard InChI is InChI=1S/C16H25NO3/c1-11-6-15(7-12(2)20-11)19-10-14-8-13(9-17)4-5-16(14)18-3/h4-5,8,11-12,15H,6-7,9-10,17H2,1-3H3. The van der Waals surface area contributed by atoms with Gasteiger partial charge >= 0.3 is 0 Å². The van der Waals surface area contributed by atoms with Crippen molar-refractivity contribution in [3.05, 3.63) is 29.3 Å². The summed E-state index contributed by atoms with van der Waals surface area (Å²) in [5.41, 5.74) is 7.84. The molecule has 1 fully saturated rings. The summed E-state index contributed by atoms with van der Waals surface area (Å²) in [5.74, 6) is 0.857. The molecule has 4 nitrogen and oxygen atoms in total. The molecule has 1 aliphatic heterocycles. The zero-order valence-corrected chi connectivity index (χ0v) is 12.6. The van der Waals surface area contributed by atoms with Gasteiger partial charge in [-0.15, -0.1) is 0 Å². The number of benzene rings is 1. The van der Waals surface area contributed by atoms with Crippen molar-refractivity contribution in [2.75, 3.05) is 7.11 Å². The van der Waals surface area contributed by atoms with Gasteiger partial charge in [0.15, 0.2) is 0 Å². The highest BCUT2D eigenvalue weighted by atomic mass is 16.5. The van der Waals surface area contributed by atoms with Crippen molar-refractivity contribution >= 4 is 0 Å². The number of nitrogens with two attached hydrogens (primary N) is 1. The van der Waals surface area contributed by atoms with Gasteiger partial charge in [0.1, 0.15) is 5.75 Å². The molecule has 0 saturated carbocycles. The molecule has 1 aromatic rings. The fourth-order valence-corrected chi connectivity index (χ4v) is 2.76. The molecule has 1 aromatic carbocycles. The molecule has 0 aromatic heterocycles. The molecule has 2 unspecified atom stereocenters. The average molecular weight is 279 g/mol. The molecule has 4 heteroatoms. The van der Waals surface area contributed by atoms with Crippen molar-refractivity contribution in [3.63, 3.8) is 0 Å². The van der Waals surface area contributed by atoms with Crippen LogP contribution in [0.1, 0.15) is 37.8 Å². The smallest absolute Gasteiger partial charge is 0.124 e. The second-order valence-corrected chi connectivity index (χ2v) is 5.51. The van der Waals surface area contributed by atoms with Crippen LogP contribution in [0, 0.1) is 0 Å². The molecule has 2 rings (SSSR count). The number of hydrogen-bond donors (Lipinski definition) is 1. The summed E-state index contributed by atoms with van der Waals surface area (Å²) in [7, 11) is 1.68. The average Bonchev–Trinajstić information content (AvgIpc) is 2.43. The first-order valence-corrected chi connectivity index (χ1v) is 7.25. The molecular formula is C16H25NO3. The van der Waals surface area contributed by atoms with Crippen LogP contribution in [0.3, 0.4) is 0 Å². The summed E-state index contributed by atoms with van der Waals surface area (Å²) in [6.07, 6.45) is 2.67. The molecule has 1 saturated heterocycles. The van der Waals surface area contributed by atoms with Gasteiger partial charge in [-0.05, 0) is 44.4 Å². The van der Waals surface area contributed by atoms with E-state index in [1.807, 2.05) is 12.1 Å². The lowest BCUT2D eigenvalue weighted by Gasteiger charge is -2.32. The lowest BCUT2D eigenvalue weighted by molar-refractivity contribution is -0.106. The van der Waals surface area contributed by atoms with E-state index in [2.05, 4.69) is 19.9 Å². The predicted molar refractivity (Wildman–Crippen MR) is 78.7 cm³/mol. The number of methoxy groups -OCH3 is 1. The van der Waals surface area contributed by atoms with Crippen LogP contribution < -0.4 is 10.5 Å². The molecular weight excluding hydrogens is 254 g/mol. The molecule has 0 amide bonds. The van der Waals surface area contributed by atoms with E-state index in [9.17, 15) is 0 Å². The highest BCUT2D eigenvalue weighted by Gasteiger charge is 2.25. The molecule has 2 N–H and O–H groups in total. The van der Waals surface area contributed by atoms with E-state index in [1.54, 1.807) is 7.11 Å². The SMILES string of the molecule is COc1ccc(CN)cc1COC1CC(C)OC(C)C1. The van der Waals surface area contributed by atoms with Crippen LogP contribution in [0.2, 0.25) is 0 Å². The summed E-state index contributed by atoms with van der Waals surface area (Å²) in [4.78, 5) is 0. The normalized spacial score (nSPS) is 26.5. The first-order chi connectivity index (χ1) is 9.62. The Morgan fingerprint density at radius 3 is 2.55 bits per heavy atom. The van der Waals surface area contributed by atoms with E-state index in [1.165, 1.54) is 0 Å². The zero-order chi connectivity index (χ0) is 14.5. The second kappa shape index (κ2) is 7.07. The van der Waals surface area contributed by atoms with Crippen molar-refractivity contribution < 1.29 is 14.2 Å². The third kappa shape index (κ3) is 3.95. The fraction of sp³-hybridized carbons (Fsp3) is 0.625. The van der Waals surface area contributed by atoms with Crippen molar-refractivity contribution in [1.29, 1.82) is 0 Å². The Labute approximate surface area is 121 Å². The van der Waals surface area contributed by atoms with Gasteiger partial charge in [0.25, 0.3) is 0 Å². The Balaban J connectivity index is 1.99. The van der Waals surface area contributed by atoms with Crippen LogP contribution in [-0.4, -0.2) is 25.4 Å². The lowest BCUT2D eigenvalue weighted by Crippen LogP contribution is -2.34. The lowest BCUT2D eigenvalue weighted by atomic mass is 10.0. The Morgan fingerprint density at radius 1 is 1.25 bits per heavy atom. The van der Waals surface area contributed by atoms with E-state index in [4.69, 9.17) is 19.9 Å². The third-order valence-electron chi connectivity index (χ3n) is 3.71. The van der Waals surface area contributed by atoms with Crippen LogP contribution in [-0.2, 0) is 22.6 Å². The maximum Gasteiger partial charge on any atom is 0.124 e. The van der Waals surface area contributed by atoms with Gasteiger partial charge in [0.05, 0.1) is 32.0 Å². The van der Waals surface area contributed by atoms with Crippen LogP contribution in [0.25, 0.3) is 0 Å². The van der Waals surface area contributed by atoms with Gasteiger partial charge < -0.3 is 19.9 Å². The highest BCUT2D eigenvalue weighted by molar-refractivity contribution is 5.36. The maximum absolute atomic E-state index is 6.05. The van der Waals surface area contributed by atoms with Crippen LogP contribution in [0.15, 0.2) is 18.2 Å². The first-order valence-electron chi connectivity index (χ1n) is 7.25. The quantitative estimate of drug-likeness (QED) is 0.900. The van der Waals surface area contributed by atoms with Crippen molar-refractivity contribution in [2.24, 2.45) is 5.73 Å². The van der Waals surface area contributed by atoms with Gasteiger partial charge in [0, 0.05) is 12.1 Å². The van der Waals surface area contributed by atoms with Crippen molar-refractivity contribution in [3.8, 4) is 5.75 Å². The minimum Gasteiger partial charge on any atom is -0.496 e. The van der Waals surface area contributed by atoms with E-state index < -0.39 is 0 Å². The van der Waals surface area contributed by atoms with Gasteiger partial charge in [-0.3, -0.25) is 0 Å². The van der Waals surface area contributed by atoms with Gasteiger partial charge in [-0.25, -0.2) is 0 Å². The molecule has 20 heavy (non-hydrogen) atoms. The van der Waals surface area contributed by atoms with E-state index in [-0.39, 0.29) is 18.3 Å². The molecule has 1 heterocycles. The summed E-state index contributed by atoms with van der Waals surface area (Å²) in [6, 6.07) is 6.00. The Morgan fingerprint density at radius 2 is 1.95 bits per heavy atom. The predicted octanol–water partition coefficient (Wildman–Crippen LogP) is 2.63. The summed E-state index contributed by atoms with van der Waals surface area (Å²) in [5, 5.41) is 0. The monoisotopic (exact) mass is 279 g/mol. The molecule has 0 aliphatic carbocycles. The summed E-state index contributed by atoms with van der Waals surface area (Å²) in [6.45, 7) is 5.28. The van der Waals surface area contributed by atoms with E-state index in [0.29, 0.717) is 13.2 Å². The van der Waals surface area contributed by atoms with Gasteiger partial charge in [-0.2, -0.15) is 0 Å². The largest absolute Gasteiger partial charge is 0.496 e. The van der Waals surface area contributed by atoms with Crippen LogP contribution in [0.4, 0.5) is 0 Å². The van der Waals surface area contributed by atoms with E-state index >= 15 is 0 Å². The molecule has 1 aliphatic rings. The van der Waals surface area contributed by atoms with Gasteiger partial charge in [0.2, 0.25) is 0 Å². The fourth-order valence-electron chi connectivity index (χ4n) is 2.76. The number of rotatable bonds is 5. The van der Waals surface area contributed by atoms with Gasteiger partial charge in [-0.1, -0.05) is 6.07 Å². The Bertz CT molecular complexity index is 426. The van der Waals surface area contributed by atoms with Crippen LogP contribution in [0.5, 0.6) is 5.75 Å². The summed E-state index contributed by atoms with van der Waals surface area (Å²) < 4.78 is 17.2.